The average Bonchev–Trinajstić information content (AvgIpc) is 3.52. The largest absolute Gasteiger partial charge is 0.472 e. The molecule has 0 spiro atoms. The molecule has 12 atom stereocenters. The highest BCUT2D eigenvalue weighted by Crippen LogP contribution is 2.74. The van der Waals surface area contributed by atoms with Crippen molar-refractivity contribution in [1.82, 2.24) is 0 Å². The number of ketones is 1. The number of ether oxygens (including phenoxy) is 2. The highest BCUT2D eigenvalue weighted by atomic mass is 16.6. The number of aliphatic hydroxyl groups excluding tert-OH is 2. The third kappa shape index (κ3) is 2.44. The first-order chi connectivity index (χ1) is 16.9. The van der Waals surface area contributed by atoms with Crippen molar-refractivity contribution in [2.24, 2.45) is 40.4 Å². The number of furan rings is 1. The van der Waals surface area contributed by atoms with E-state index in [9.17, 15) is 34.8 Å². The Morgan fingerprint density at radius 3 is 2.61 bits per heavy atom. The minimum atomic E-state index is -2.26. The van der Waals surface area contributed by atoms with Crippen LogP contribution in [-0.4, -0.2) is 68.7 Å². The topological polar surface area (TPSA) is 164 Å². The smallest absolute Gasteiger partial charge is 0.335 e. The van der Waals surface area contributed by atoms with Gasteiger partial charge in [-0.05, 0) is 43.1 Å². The molecule has 0 radical (unpaired) electrons. The third-order valence-electron chi connectivity index (χ3n) is 10.9. The molecule has 2 bridgehead atoms. The Morgan fingerprint density at radius 1 is 1.25 bits per heavy atom. The summed E-state index contributed by atoms with van der Waals surface area (Å²) in [5, 5.41) is 47.6. The van der Waals surface area contributed by atoms with E-state index in [4.69, 9.17) is 13.9 Å². The molecule has 1 aliphatic heterocycles. The summed E-state index contributed by atoms with van der Waals surface area (Å²) in [5.74, 6) is -5.49. The molecule has 10 heteroatoms. The fourth-order valence-corrected chi connectivity index (χ4v) is 9.35. The molecule has 4 N–H and O–H groups in total. The number of hydrogen-bond acceptors (Lipinski definition) is 10. The summed E-state index contributed by atoms with van der Waals surface area (Å²) in [6, 6.07) is 1.62. The molecule has 36 heavy (non-hydrogen) atoms. The molecular weight excluding hydrogens is 472 g/mol. The van der Waals surface area contributed by atoms with Crippen LogP contribution in [-0.2, 0) is 23.9 Å². The van der Waals surface area contributed by atoms with Crippen LogP contribution in [0.5, 0.6) is 0 Å². The molecule has 196 valence electrons. The monoisotopic (exact) mass is 504 g/mol. The van der Waals surface area contributed by atoms with Gasteiger partial charge in [-0.25, -0.2) is 4.79 Å². The van der Waals surface area contributed by atoms with Gasteiger partial charge in [-0.2, -0.15) is 0 Å². The van der Waals surface area contributed by atoms with Gasteiger partial charge in [-0.1, -0.05) is 13.8 Å². The molecule has 1 aromatic rings. The zero-order valence-corrected chi connectivity index (χ0v) is 20.4. The van der Waals surface area contributed by atoms with Crippen LogP contribution in [0.4, 0.5) is 0 Å². The summed E-state index contributed by atoms with van der Waals surface area (Å²) in [6.07, 6.45) is -0.898. The number of esters is 2. The Morgan fingerprint density at radius 2 is 1.97 bits per heavy atom. The Balaban J connectivity index is 1.51. The summed E-state index contributed by atoms with van der Waals surface area (Å²) in [6.45, 7) is 3.41. The highest BCUT2D eigenvalue weighted by Gasteiger charge is 2.83. The lowest BCUT2D eigenvalue weighted by atomic mass is 9.40. The number of carbonyl (C=O) groups is 3. The number of methoxy groups -OCH3 is 1. The van der Waals surface area contributed by atoms with Gasteiger partial charge in [0.2, 0.25) is 0 Å². The van der Waals surface area contributed by atoms with Gasteiger partial charge in [-0.3, -0.25) is 9.59 Å². The van der Waals surface area contributed by atoms with Crippen LogP contribution in [0.2, 0.25) is 0 Å². The van der Waals surface area contributed by atoms with Gasteiger partial charge in [0, 0.05) is 22.3 Å². The lowest BCUT2D eigenvalue weighted by molar-refractivity contribution is -0.352. The van der Waals surface area contributed by atoms with E-state index >= 15 is 0 Å². The maximum absolute atomic E-state index is 13.7. The summed E-state index contributed by atoms with van der Waals surface area (Å²) in [4.78, 5) is 39.0. The predicted octanol–water partition coefficient (Wildman–Crippen LogP) is 0.512. The van der Waals surface area contributed by atoms with E-state index in [1.807, 2.05) is 0 Å². The van der Waals surface area contributed by atoms with Crippen molar-refractivity contribution in [3.8, 4) is 0 Å². The van der Waals surface area contributed by atoms with Gasteiger partial charge in [0.1, 0.15) is 23.1 Å². The predicted molar refractivity (Wildman–Crippen MR) is 119 cm³/mol. The zero-order valence-electron chi connectivity index (χ0n) is 20.4. The van der Waals surface area contributed by atoms with E-state index in [0.717, 1.165) is 7.11 Å². The molecule has 5 aliphatic rings. The quantitative estimate of drug-likeness (QED) is 0.427. The Kier molecular flexibility index (Phi) is 4.81. The molecule has 1 saturated heterocycles. The third-order valence-corrected chi connectivity index (χ3v) is 10.9. The van der Waals surface area contributed by atoms with E-state index in [0.29, 0.717) is 24.8 Å². The van der Waals surface area contributed by atoms with Crippen molar-refractivity contribution in [2.45, 2.75) is 69.0 Å². The minimum Gasteiger partial charge on any atom is -0.472 e. The SMILES string of the molecule is COC(=O)[C@@H](O)[C@@H]1[C@@H]2C3C[C@@]1(C)C(=O)[C@@H]3[C@H](O)[C@]1(O)[C@@H]2CC[C@@]2(C)[C@H](c3ccoc3)OC(=O)C[C@@]12O. The molecule has 1 aromatic heterocycles. The first-order valence-corrected chi connectivity index (χ1v) is 12.5. The van der Waals surface area contributed by atoms with Gasteiger partial charge >= 0.3 is 11.9 Å². The Bertz CT molecular complexity index is 1130. The molecule has 4 saturated carbocycles. The summed E-state index contributed by atoms with van der Waals surface area (Å²) < 4.78 is 15.7. The van der Waals surface area contributed by atoms with Crippen molar-refractivity contribution in [2.75, 3.05) is 7.11 Å². The molecule has 6 rings (SSSR count). The number of Topliss-reactive ketones (excluding diaryl/α,β-unsaturated/α-hetero) is 1. The molecule has 5 fully saturated rings. The summed E-state index contributed by atoms with van der Waals surface area (Å²) in [5.41, 5.74) is -6.19. The average molecular weight is 505 g/mol. The first kappa shape index (κ1) is 24.1. The fourth-order valence-electron chi connectivity index (χ4n) is 9.35. The summed E-state index contributed by atoms with van der Waals surface area (Å²) >= 11 is 0. The fraction of sp³-hybridized carbons (Fsp3) is 0.731. The zero-order chi connectivity index (χ0) is 26.0. The Hall–Kier alpha value is -2.27. The molecule has 0 aromatic carbocycles. The van der Waals surface area contributed by atoms with Gasteiger partial charge in [0.05, 0.1) is 38.1 Å². The molecule has 4 aliphatic carbocycles. The van der Waals surface area contributed by atoms with E-state index in [2.05, 4.69) is 0 Å². The first-order valence-electron chi connectivity index (χ1n) is 12.5. The number of carbonyl (C=O) groups excluding carboxylic acids is 3. The lowest BCUT2D eigenvalue weighted by Gasteiger charge is -2.69. The van der Waals surface area contributed by atoms with Gasteiger partial charge < -0.3 is 34.3 Å². The number of fused-ring (bicyclic) bond motifs is 5. The van der Waals surface area contributed by atoms with Crippen molar-refractivity contribution >= 4 is 17.7 Å². The minimum absolute atomic E-state index is 0.320. The molecule has 10 nitrogen and oxygen atoms in total. The van der Waals surface area contributed by atoms with E-state index in [-0.39, 0.29) is 11.7 Å². The van der Waals surface area contributed by atoms with E-state index in [1.54, 1.807) is 19.9 Å². The van der Waals surface area contributed by atoms with Crippen LogP contribution in [0, 0.1) is 40.4 Å². The van der Waals surface area contributed by atoms with Gasteiger partial charge in [0.25, 0.3) is 0 Å². The second-order valence-corrected chi connectivity index (χ2v) is 12.0. The number of cyclic esters (lactones) is 1. The van der Waals surface area contributed by atoms with Crippen LogP contribution in [0.3, 0.4) is 0 Å². The number of hydrogen-bond donors (Lipinski definition) is 4. The van der Waals surface area contributed by atoms with Crippen LogP contribution in [0.25, 0.3) is 0 Å². The number of aliphatic hydroxyl groups is 4. The molecule has 0 amide bonds. The normalized spacial score (nSPS) is 51.8. The van der Waals surface area contributed by atoms with Crippen LogP contribution >= 0.6 is 0 Å². The highest BCUT2D eigenvalue weighted by molar-refractivity contribution is 5.93. The molecule has 1 unspecified atom stereocenters. The molecule has 2 heterocycles. The van der Waals surface area contributed by atoms with Crippen molar-refractivity contribution in [1.29, 1.82) is 0 Å². The second-order valence-electron chi connectivity index (χ2n) is 12.0. The maximum atomic E-state index is 13.7. The van der Waals surface area contributed by atoms with Crippen molar-refractivity contribution in [3.05, 3.63) is 24.2 Å². The maximum Gasteiger partial charge on any atom is 0.335 e. The standard InChI is InChI=1S/C26H32O10/c1-23-8-12-15(17(23)18(28)22(31)34-3)13-4-6-24(2)21(11-5-7-35-10-11)36-14(27)9-25(24,32)26(13,33)20(30)16(12)19(23)29/h5,7,10,12-13,15-18,20-21,28,30,32-33H,4,6,8-9H2,1-3H3/t12?,13-,15-,16-,17+,18+,20+,21+,23-,24+,25+,26-/m1/s1. The Labute approximate surface area is 207 Å². The molecular formula is C26H32O10. The van der Waals surface area contributed by atoms with E-state index < -0.39 is 82.4 Å². The van der Waals surface area contributed by atoms with Crippen LogP contribution in [0.15, 0.2) is 23.0 Å². The van der Waals surface area contributed by atoms with Gasteiger partial charge in [-0.15, -0.1) is 0 Å². The number of rotatable bonds is 3. The van der Waals surface area contributed by atoms with E-state index in [1.165, 1.54) is 12.5 Å². The van der Waals surface area contributed by atoms with Gasteiger partial charge in [0.15, 0.2) is 6.10 Å². The van der Waals surface area contributed by atoms with Crippen molar-refractivity contribution in [3.63, 3.8) is 0 Å². The lowest BCUT2D eigenvalue weighted by Crippen LogP contribution is -2.81. The second kappa shape index (κ2) is 7.18. The van der Waals surface area contributed by atoms with Crippen molar-refractivity contribution < 1.29 is 48.7 Å². The van der Waals surface area contributed by atoms with Crippen LogP contribution < -0.4 is 0 Å². The van der Waals surface area contributed by atoms with Crippen LogP contribution in [0.1, 0.15) is 51.2 Å². The summed E-state index contributed by atoms with van der Waals surface area (Å²) in [7, 11) is 1.16.